The van der Waals surface area contributed by atoms with Gasteiger partial charge in [-0.15, -0.1) is 9.24 Å². The Morgan fingerprint density at radius 2 is 1.13 bits per heavy atom. The minimum Gasteiger partial charge on any atom is -0.106 e. The first-order chi connectivity index (χ1) is 11.1. The number of benzene rings is 3. The molecule has 0 bridgehead atoms. The Labute approximate surface area is 146 Å². The van der Waals surface area contributed by atoms with Gasteiger partial charge in [-0.1, -0.05) is 98.6 Å². The fourth-order valence-electron chi connectivity index (χ4n) is 3.05. The summed E-state index contributed by atoms with van der Waals surface area (Å²) in [6.45, 7) is 4.48. The molecule has 0 N–H and O–H groups in total. The molecule has 0 nitrogen and oxygen atoms in total. The summed E-state index contributed by atoms with van der Waals surface area (Å²) >= 11 is 0. The molecule has 0 aliphatic rings. The first-order valence-electron chi connectivity index (χ1n) is 8.10. The molecular weight excluding hydrogens is 327 g/mol. The first kappa shape index (κ1) is 16.4. The highest BCUT2D eigenvalue weighted by molar-refractivity contribution is 7.29. The molecule has 0 aromatic heterocycles. The van der Waals surface area contributed by atoms with E-state index in [4.69, 9.17) is 0 Å². The lowest BCUT2D eigenvalue weighted by Crippen LogP contribution is -2.50. The van der Waals surface area contributed by atoms with Crippen molar-refractivity contribution in [3.63, 3.8) is 0 Å². The second-order valence-electron chi connectivity index (χ2n) is 6.19. The Morgan fingerprint density at radius 1 is 0.609 bits per heavy atom. The van der Waals surface area contributed by atoms with E-state index in [1.165, 1.54) is 16.4 Å². The first-order valence-corrected chi connectivity index (χ1v) is 11.5. The number of hydrogen-bond donors (Lipinski definition) is 0. The standard InChI is InChI=1S/C20H23PSi2/c1-14-8-3-5-11-17(14)22-19-13-7-10-16(21)20(19)23-18-12-6-4-9-15(18)2/h3-13H,21-23H2,1-2H3. The van der Waals surface area contributed by atoms with E-state index < -0.39 is 19.0 Å². The fraction of sp³-hybridized carbons (Fsp3) is 0.100. The van der Waals surface area contributed by atoms with E-state index in [-0.39, 0.29) is 0 Å². The molecule has 0 heterocycles. The smallest absolute Gasteiger partial charge is 0.0885 e. The van der Waals surface area contributed by atoms with E-state index >= 15 is 0 Å². The molecule has 3 heteroatoms. The lowest BCUT2D eigenvalue weighted by atomic mass is 10.2. The zero-order valence-electron chi connectivity index (χ0n) is 13.8. The van der Waals surface area contributed by atoms with Gasteiger partial charge < -0.3 is 0 Å². The average molecular weight is 351 g/mol. The third-order valence-electron chi connectivity index (χ3n) is 4.58. The molecule has 1 atom stereocenters. The third-order valence-corrected chi connectivity index (χ3v) is 10.6. The highest BCUT2D eigenvalue weighted by atomic mass is 31.0. The molecule has 1 unspecified atom stereocenters. The van der Waals surface area contributed by atoms with Crippen molar-refractivity contribution in [1.29, 1.82) is 0 Å². The van der Waals surface area contributed by atoms with Gasteiger partial charge in [-0.2, -0.15) is 0 Å². The van der Waals surface area contributed by atoms with Crippen molar-refractivity contribution in [3.8, 4) is 0 Å². The molecule has 0 amide bonds. The van der Waals surface area contributed by atoms with Crippen LogP contribution in [0, 0.1) is 13.8 Å². The summed E-state index contributed by atoms with van der Waals surface area (Å²) in [5.41, 5.74) is 2.88. The van der Waals surface area contributed by atoms with Crippen LogP contribution in [0.1, 0.15) is 11.1 Å². The van der Waals surface area contributed by atoms with Crippen molar-refractivity contribution < 1.29 is 0 Å². The summed E-state index contributed by atoms with van der Waals surface area (Å²) < 4.78 is 0. The van der Waals surface area contributed by atoms with Gasteiger partial charge in [-0.25, -0.2) is 0 Å². The Kier molecular flexibility index (Phi) is 5.27. The molecule has 3 aromatic rings. The Morgan fingerprint density at radius 3 is 1.74 bits per heavy atom. The summed E-state index contributed by atoms with van der Waals surface area (Å²) in [4.78, 5) is 0. The molecule has 0 radical (unpaired) electrons. The molecule has 23 heavy (non-hydrogen) atoms. The minimum absolute atomic E-state index is 0.420. The van der Waals surface area contributed by atoms with Crippen LogP contribution in [0.15, 0.2) is 66.7 Å². The zero-order valence-corrected chi connectivity index (χ0v) is 17.8. The second-order valence-corrected chi connectivity index (χ2v) is 10.5. The van der Waals surface area contributed by atoms with Crippen molar-refractivity contribution in [2.24, 2.45) is 0 Å². The summed E-state index contributed by atoms with van der Waals surface area (Å²) in [5, 5.41) is 7.81. The maximum atomic E-state index is 2.97. The molecule has 3 aromatic carbocycles. The Hall–Kier alpha value is -1.48. The largest absolute Gasteiger partial charge is 0.106 e. The van der Waals surface area contributed by atoms with Crippen LogP contribution in [0.5, 0.6) is 0 Å². The molecule has 0 saturated carbocycles. The van der Waals surface area contributed by atoms with Gasteiger partial charge in [0.15, 0.2) is 0 Å². The number of hydrogen-bond acceptors (Lipinski definition) is 0. The molecule has 0 saturated heterocycles. The highest BCUT2D eigenvalue weighted by Gasteiger charge is 2.10. The monoisotopic (exact) mass is 350 g/mol. The third kappa shape index (κ3) is 3.89. The van der Waals surface area contributed by atoms with Gasteiger partial charge >= 0.3 is 0 Å². The van der Waals surface area contributed by atoms with Crippen molar-refractivity contribution >= 4 is 54.3 Å². The van der Waals surface area contributed by atoms with Crippen LogP contribution in [0.25, 0.3) is 0 Å². The Balaban J connectivity index is 1.97. The predicted molar refractivity (Wildman–Crippen MR) is 114 cm³/mol. The minimum atomic E-state index is -0.435. The van der Waals surface area contributed by atoms with Crippen LogP contribution in [-0.4, -0.2) is 19.0 Å². The molecule has 0 spiro atoms. The summed E-state index contributed by atoms with van der Waals surface area (Å²) in [6, 6.07) is 24.6. The van der Waals surface area contributed by atoms with Crippen LogP contribution in [0.2, 0.25) is 0 Å². The number of rotatable bonds is 4. The highest BCUT2D eigenvalue weighted by Crippen LogP contribution is 1.95. The van der Waals surface area contributed by atoms with E-state index in [0.717, 1.165) is 0 Å². The summed E-state index contributed by atoms with van der Waals surface area (Å²) in [6.07, 6.45) is 0. The van der Waals surface area contributed by atoms with Gasteiger partial charge in [0.05, 0.1) is 19.0 Å². The van der Waals surface area contributed by atoms with Crippen molar-refractivity contribution in [3.05, 3.63) is 77.9 Å². The molecule has 0 aliphatic heterocycles. The van der Waals surface area contributed by atoms with Gasteiger partial charge in [0.2, 0.25) is 0 Å². The average Bonchev–Trinajstić information content (AvgIpc) is 2.54. The molecule has 3 rings (SSSR count). The van der Waals surface area contributed by atoms with Gasteiger partial charge in [-0.05, 0) is 19.2 Å². The quantitative estimate of drug-likeness (QED) is 0.461. The molecule has 0 aliphatic carbocycles. The lowest BCUT2D eigenvalue weighted by Gasteiger charge is -2.14. The predicted octanol–water partition coefficient (Wildman–Crippen LogP) is 0.0430. The van der Waals surface area contributed by atoms with E-state index in [9.17, 15) is 0 Å². The van der Waals surface area contributed by atoms with Gasteiger partial charge in [-0.3, -0.25) is 0 Å². The van der Waals surface area contributed by atoms with Crippen molar-refractivity contribution in [1.82, 2.24) is 0 Å². The van der Waals surface area contributed by atoms with Crippen LogP contribution in [0.3, 0.4) is 0 Å². The van der Waals surface area contributed by atoms with E-state index in [2.05, 4.69) is 89.8 Å². The molecule has 116 valence electrons. The van der Waals surface area contributed by atoms with E-state index in [1.54, 1.807) is 20.7 Å². The van der Waals surface area contributed by atoms with Gasteiger partial charge in [0, 0.05) is 0 Å². The van der Waals surface area contributed by atoms with Crippen LogP contribution in [0.4, 0.5) is 0 Å². The van der Waals surface area contributed by atoms with Gasteiger partial charge in [0.1, 0.15) is 0 Å². The molecule has 0 fully saturated rings. The topological polar surface area (TPSA) is 0 Å². The second kappa shape index (κ2) is 7.40. The SMILES string of the molecule is Cc1ccccc1[SiH2]c1cccc(P)c1[SiH2]c1ccccc1C. The maximum Gasteiger partial charge on any atom is 0.0885 e. The Bertz CT molecular complexity index is 827. The summed E-state index contributed by atoms with van der Waals surface area (Å²) in [5.74, 6) is 0. The van der Waals surface area contributed by atoms with Crippen LogP contribution >= 0.6 is 9.24 Å². The van der Waals surface area contributed by atoms with Crippen molar-refractivity contribution in [2.75, 3.05) is 0 Å². The normalized spacial score (nSPS) is 11.8. The lowest BCUT2D eigenvalue weighted by molar-refractivity contribution is 1.51. The zero-order chi connectivity index (χ0) is 16.2. The van der Waals surface area contributed by atoms with Crippen LogP contribution in [-0.2, 0) is 0 Å². The molecular formula is C20H23PSi2. The van der Waals surface area contributed by atoms with Crippen molar-refractivity contribution in [2.45, 2.75) is 13.8 Å². The van der Waals surface area contributed by atoms with Gasteiger partial charge in [0.25, 0.3) is 0 Å². The van der Waals surface area contributed by atoms with E-state index in [0.29, 0.717) is 0 Å². The number of aryl methyl sites for hydroxylation is 2. The van der Waals surface area contributed by atoms with Crippen LogP contribution < -0.4 is 26.1 Å². The maximum absolute atomic E-state index is 2.97. The summed E-state index contributed by atoms with van der Waals surface area (Å²) in [7, 11) is 2.11. The fourth-order valence-corrected chi connectivity index (χ4v) is 8.04. The van der Waals surface area contributed by atoms with E-state index in [1.807, 2.05) is 0 Å².